The van der Waals surface area contributed by atoms with Crippen molar-refractivity contribution in [3.8, 4) is 0 Å². The first-order valence-electron chi connectivity index (χ1n) is 6.02. The summed E-state index contributed by atoms with van der Waals surface area (Å²) in [6, 6.07) is 7.28. The third kappa shape index (κ3) is 2.52. The number of hydrogen-bond donors (Lipinski definition) is 1. The van der Waals surface area contributed by atoms with E-state index in [0.717, 1.165) is 6.42 Å². The van der Waals surface area contributed by atoms with Crippen molar-refractivity contribution < 1.29 is 0 Å². The Hall–Kier alpha value is -0.680. The van der Waals surface area contributed by atoms with Crippen molar-refractivity contribution in [2.24, 2.45) is 0 Å². The highest BCUT2D eigenvalue weighted by Crippen LogP contribution is 2.34. The van der Waals surface area contributed by atoms with Gasteiger partial charge in [-0.25, -0.2) is 0 Å². The summed E-state index contributed by atoms with van der Waals surface area (Å²) in [6.07, 6.45) is 2.32. The highest BCUT2D eigenvalue weighted by molar-refractivity contribution is 7.26. The standard InChI is InChI=1S/C14H15NS3/c1-15-11(3-2-10-4-6-16-9-10)13-8-14-12(18-13)5-7-17-14/h4-9,11,15H,2-3H2,1H3. The summed E-state index contributed by atoms with van der Waals surface area (Å²) in [7, 11) is 2.06. The topological polar surface area (TPSA) is 12.0 Å². The minimum atomic E-state index is 0.481. The second kappa shape index (κ2) is 5.53. The van der Waals surface area contributed by atoms with Gasteiger partial charge in [0.25, 0.3) is 0 Å². The molecule has 1 N–H and O–H groups in total. The number of aryl methyl sites for hydroxylation is 1. The Labute approximate surface area is 119 Å². The molecule has 3 rings (SSSR count). The van der Waals surface area contributed by atoms with Gasteiger partial charge in [0.1, 0.15) is 0 Å². The van der Waals surface area contributed by atoms with Gasteiger partial charge in [0.05, 0.1) is 0 Å². The van der Waals surface area contributed by atoms with Crippen molar-refractivity contribution in [2.45, 2.75) is 18.9 Å². The van der Waals surface area contributed by atoms with E-state index in [-0.39, 0.29) is 0 Å². The lowest BCUT2D eigenvalue weighted by Gasteiger charge is -2.13. The maximum absolute atomic E-state index is 3.45. The fourth-order valence-corrected chi connectivity index (χ4v) is 5.10. The van der Waals surface area contributed by atoms with E-state index in [4.69, 9.17) is 0 Å². The van der Waals surface area contributed by atoms with Gasteiger partial charge in [-0.3, -0.25) is 0 Å². The number of fused-ring (bicyclic) bond motifs is 1. The number of thiophene rings is 3. The molecule has 4 heteroatoms. The zero-order chi connectivity index (χ0) is 12.4. The molecule has 0 saturated heterocycles. The maximum atomic E-state index is 3.45. The summed E-state index contributed by atoms with van der Waals surface area (Å²) >= 11 is 5.54. The summed E-state index contributed by atoms with van der Waals surface area (Å²) in [6.45, 7) is 0. The minimum Gasteiger partial charge on any atom is -0.312 e. The third-order valence-electron chi connectivity index (χ3n) is 3.15. The minimum absolute atomic E-state index is 0.481. The van der Waals surface area contributed by atoms with Crippen LogP contribution in [-0.2, 0) is 6.42 Å². The molecule has 0 aliphatic heterocycles. The van der Waals surface area contributed by atoms with Crippen LogP contribution in [0.25, 0.3) is 9.40 Å². The van der Waals surface area contributed by atoms with Crippen LogP contribution >= 0.6 is 34.0 Å². The monoisotopic (exact) mass is 293 g/mol. The molecule has 1 atom stereocenters. The lowest BCUT2D eigenvalue weighted by Crippen LogP contribution is -2.15. The van der Waals surface area contributed by atoms with Gasteiger partial charge < -0.3 is 5.32 Å². The Morgan fingerprint density at radius 1 is 1.22 bits per heavy atom. The molecule has 0 saturated carbocycles. The zero-order valence-electron chi connectivity index (χ0n) is 10.2. The fourth-order valence-electron chi connectivity index (χ4n) is 2.13. The van der Waals surface area contributed by atoms with Crippen molar-refractivity contribution >= 4 is 43.4 Å². The second-order valence-corrected chi connectivity index (χ2v) is 7.15. The van der Waals surface area contributed by atoms with Crippen molar-refractivity contribution in [1.82, 2.24) is 5.32 Å². The quantitative estimate of drug-likeness (QED) is 0.704. The molecule has 3 aromatic rings. The number of hydrogen-bond acceptors (Lipinski definition) is 4. The van der Waals surface area contributed by atoms with Crippen LogP contribution < -0.4 is 5.32 Å². The highest BCUT2D eigenvalue weighted by atomic mass is 32.1. The first-order valence-corrected chi connectivity index (χ1v) is 8.66. The average Bonchev–Trinajstić information content (AvgIpc) is 3.04. The van der Waals surface area contributed by atoms with Gasteiger partial charge in [-0.15, -0.1) is 22.7 Å². The van der Waals surface area contributed by atoms with E-state index in [1.807, 2.05) is 22.7 Å². The normalized spacial score (nSPS) is 13.2. The molecule has 0 amide bonds. The van der Waals surface area contributed by atoms with Crippen molar-refractivity contribution in [3.05, 3.63) is 44.8 Å². The molecule has 0 aliphatic rings. The molecule has 3 heterocycles. The first kappa shape index (κ1) is 12.4. The Morgan fingerprint density at radius 3 is 2.89 bits per heavy atom. The summed E-state index contributed by atoms with van der Waals surface area (Å²) < 4.78 is 2.84. The molecule has 0 fully saturated rings. The van der Waals surface area contributed by atoms with Gasteiger partial charge in [-0.1, -0.05) is 0 Å². The summed E-state index contributed by atoms with van der Waals surface area (Å²) in [5.41, 5.74) is 1.46. The van der Waals surface area contributed by atoms with E-state index >= 15 is 0 Å². The molecule has 0 aliphatic carbocycles. The van der Waals surface area contributed by atoms with E-state index in [9.17, 15) is 0 Å². The molecule has 0 radical (unpaired) electrons. The Balaban J connectivity index is 1.73. The van der Waals surface area contributed by atoms with Crippen LogP contribution in [0.1, 0.15) is 22.9 Å². The van der Waals surface area contributed by atoms with Gasteiger partial charge in [-0.05, 0) is 59.8 Å². The van der Waals surface area contributed by atoms with Crippen LogP contribution in [0.3, 0.4) is 0 Å². The van der Waals surface area contributed by atoms with Crippen LogP contribution in [0.5, 0.6) is 0 Å². The van der Waals surface area contributed by atoms with E-state index < -0.39 is 0 Å². The molecule has 3 aromatic heterocycles. The molecule has 1 nitrogen and oxygen atoms in total. The van der Waals surface area contributed by atoms with E-state index in [1.54, 1.807) is 11.3 Å². The van der Waals surface area contributed by atoms with Gasteiger partial charge in [0, 0.05) is 20.3 Å². The van der Waals surface area contributed by atoms with E-state index in [2.05, 4.69) is 46.7 Å². The van der Waals surface area contributed by atoms with Crippen LogP contribution in [0, 0.1) is 0 Å². The van der Waals surface area contributed by atoms with Gasteiger partial charge in [-0.2, -0.15) is 11.3 Å². The summed E-state index contributed by atoms with van der Waals surface area (Å²) in [5.74, 6) is 0. The van der Waals surface area contributed by atoms with Gasteiger partial charge in [0.15, 0.2) is 0 Å². The lowest BCUT2D eigenvalue weighted by molar-refractivity contribution is 0.558. The highest BCUT2D eigenvalue weighted by Gasteiger charge is 2.13. The molecule has 0 bridgehead atoms. The summed E-state index contributed by atoms with van der Waals surface area (Å²) in [4.78, 5) is 1.47. The van der Waals surface area contributed by atoms with Crippen molar-refractivity contribution in [1.29, 1.82) is 0 Å². The predicted octanol–water partition coefficient (Wildman–Crippen LogP) is 4.92. The van der Waals surface area contributed by atoms with E-state index in [0.29, 0.717) is 6.04 Å². The fraction of sp³-hybridized carbons (Fsp3) is 0.286. The maximum Gasteiger partial charge on any atom is 0.0454 e. The lowest BCUT2D eigenvalue weighted by atomic mass is 10.1. The largest absolute Gasteiger partial charge is 0.312 e. The number of nitrogens with one attached hydrogen (secondary N) is 1. The Morgan fingerprint density at radius 2 is 2.17 bits per heavy atom. The van der Waals surface area contributed by atoms with E-state index in [1.165, 1.54) is 26.3 Å². The number of rotatable bonds is 5. The summed E-state index contributed by atoms with van der Waals surface area (Å²) in [5, 5.41) is 10.0. The third-order valence-corrected chi connectivity index (χ3v) is 6.09. The molecular weight excluding hydrogens is 278 g/mol. The molecule has 0 aromatic carbocycles. The van der Waals surface area contributed by atoms with Gasteiger partial charge >= 0.3 is 0 Å². The predicted molar refractivity (Wildman–Crippen MR) is 84.1 cm³/mol. The Bertz CT molecular complexity index is 577. The van der Waals surface area contributed by atoms with Crippen molar-refractivity contribution in [2.75, 3.05) is 7.05 Å². The van der Waals surface area contributed by atoms with Crippen LogP contribution in [-0.4, -0.2) is 7.05 Å². The van der Waals surface area contributed by atoms with Gasteiger partial charge in [0.2, 0.25) is 0 Å². The smallest absolute Gasteiger partial charge is 0.0454 e. The van der Waals surface area contributed by atoms with Crippen LogP contribution in [0.4, 0.5) is 0 Å². The molecule has 18 heavy (non-hydrogen) atoms. The second-order valence-electron chi connectivity index (χ2n) is 4.31. The SMILES string of the molecule is CNC(CCc1ccsc1)c1cc2sccc2s1. The average molecular weight is 293 g/mol. The molecule has 0 spiro atoms. The van der Waals surface area contributed by atoms with Crippen LogP contribution in [0.2, 0.25) is 0 Å². The zero-order valence-corrected chi connectivity index (χ0v) is 12.6. The van der Waals surface area contributed by atoms with Crippen LogP contribution in [0.15, 0.2) is 34.3 Å². The first-order chi connectivity index (χ1) is 8.86. The molecule has 1 unspecified atom stereocenters. The Kier molecular flexibility index (Phi) is 3.80. The molecule has 94 valence electrons. The molecular formula is C14H15NS3. The van der Waals surface area contributed by atoms with Crippen molar-refractivity contribution in [3.63, 3.8) is 0 Å².